The maximum atomic E-state index is 14.0. The lowest BCUT2D eigenvalue weighted by molar-refractivity contribution is -0.137. The standard InChI is InChI=1S/C20H14F4N2O2S2/c1-28-18(27)13-10-16(11-5-3-2-4-6-11)30-17(13)26-19(29)25-15-9-12(20(22,23)24)7-8-14(15)21/h2-10H,1H3,(H2,25,26,29). The van der Waals surface area contributed by atoms with Crippen molar-refractivity contribution in [2.75, 3.05) is 17.7 Å². The molecule has 30 heavy (non-hydrogen) atoms. The zero-order valence-corrected chi connectivity index (χ0v) is 17.0. The monoisotopic (exact) mass is 454 g/mol. The number of thiophene rings is 1. The van der Waals surface area contributed by atoms with Crippen molar-refractivity contribution in [3.63, 3.8) is 0 Å². The molecular formula is C20H14F4N2O2S2. The molecule has 1 aromatic heterocycles. The number of ether oxygens (including phenoxy) is 1. The van der Waals surface area contributed by atoms with E-state index in [1.165, 1.54) is 18.4 Å². The molecule has 0 amide bonds. The molecule has 2 N–H and O–H groups in total. The third kappa shape index (κ3) is 4.95. The largest absolute Gasteiger partial charge is 0.465 e. The van der Waals surface area contributed by atoms with Gasteiger partial charge in [-0.25, -0.2) is 9.18 Å². The average molecular weight is 454 g/mol. The summed E-state index contributed by atoms with van der Waals surface area (Å²) >= 11 is 6.30. The fourth-order valence-corrected chi connectivity index (χ4v) is 3.88. The van der Waals surface area contributed by atoms with E-state index in [2.05, 4.69) is 10.6 Å². The topological polar surface area (TPSA) is 50.4 Å². The summed E-state index contributed by atoms with van der Waals surface area (Å²) < 4.78 is 57.4. The fourth-order valence-electron chi connectivity index (χ4n) is 2.54. The molecule has 0 bridgehead atoms. The number of rotatable bonds is 4. The van der Waals surface area contributed by atoms with Crippen LogP contribution >= 0.6 is 23.6 Å². The normalized spacial score (nSPS) is 11.1. The summed E-state index contributed by atoms with van der Waals surface area (Å²) in [6.07, 6.45) is -4.63. The van der Waals surface area contributed by atoms with Gasteiger partial charge in [0.1, 0.15) is 10.8 Å². The average Bonchev–Trinajstić information content (AvgIpc) is 3.12. The summed E-state index contributed by atoms with van der Waals surface area (Å²) in [5.41, 5.74) is -0.424. The van der Waals surface area contributed by atoms with E-state index in [-0.39, 0.29) is 10.7 Å². The molecule has 156 valence electrons. The zero-order chi connectivity index (χ0) is 21.9. The second-order valence-electron chi connectivity index (χ2n) is 5.98. The van der Waals surface area contributed by atoms with Gasteiger partial charge in [-0.2, -0.15) is 13.2 Å². The number of halogens is 4. The number of anilines is 2. The molecule has 1 heterocycles. The molecule has 0 fully saturated rings. The summed E-state index contributed by atoms with van der Waals surface area (Å²) in [7, 11) is 1.22. The highest BCUT2D eigenvalue weighted by molar-refractivity contribution is 7.80. The smallest absolute Gasteiger partial charge is 0.416 e. The Labute approximate surface area is 178 Å². The summed E-state index contributed by atoms with van der Waals surface area (Å²) in [5, 5.41) is 5.27. The summed E-state index contributed by atoms with van der Waals surface area (Å²) in [6, 6.07) is 12.8. The van der Waals surface area contributed by atoms with Crippen molar-refractivity contribution in [3.05, 3.63) is 71.5 Å². The molecule has 0 saturated heterocycles. The number of carbonyl (C=O) groups is 1. The van der Waals surface area contributed by atoms with Crippen molar-refractivity contribution >= 4 is 45.3 Å². The van der Waals surface area contributed by atoms with Gasteiger partial charge in [0.25, 0.3) is 0 Å². The second-order valence-corrected chi connectivity index (χ2v) is 7.44. The number of hydrogen-bond donors (Lipinski definition) is 2. The molecule has 3 aromatic rings. The van der Waals surface area contributed by atoms with Crippen LogP contribution in [0, 0.1) is 5.82 Å². The predicted octanol–water partition coefficient (Wildman–Crippen LogP) is 6.17. The van der Waals surface area contributed by atoms with E-state index < -0.39 is 29.2 Å². The van der Waals surface area contributed by atoms with Crippen molar-refractivity contribution in [2.45, 2.75) is 6.18 Å². The number of benzene rings is 2. The number of carbonyl (C=O) groups excluding carboxylic acids is 1. The molecule has 0 saturated carbocycles. The van der Waals surface area contributed by atoms with Crippen LogP contribution < -0.4 is 10.6 Å². The van der Waals surface area contributed by atoms with E-state index in [1.54, 1.807) is 6.07 Å². The van der Waals surface area contributed by atoms with Crippen LogP contribution in [0.3, 0.4) is 0 Å². The molecule has 10 heteroatoms. The van der Waals surface area contributed by atoms with Crippen LogP contribution in [0.2, 0.25) is 0 Å². The first kappa shape index (κ1) is 21.7. The summed E-state index contributed by atoms with van der Waals surface area (Å²) in [5.74, 6) is -1.53. The maximum absolute atomic E-state index is 14.0. The number of nitrogens with one attached hydrogen (secondary N) is 2. The van der Waals surface area contributed by atoms with Gasteiger partial charge in [-0.3, -0.25) is 0 Å². The Balaban J connectivity index is 1.86. The Hall–Kier alpha value is -2.98. The van der Waals surface area contributed by atoms with Crippen LogP contribution in [-0.4, -0.2) is 18.2 Å². The Kier molecular flexibility index (Phi) is 6.37. The van der Waals surface area contributed by atoms with Gasteiger partial charge in [0.15, 0.2) is 5.11 Å². The second kappa shape index (κ2) is 8.80. The minimum absolute atomic E-state index is 0.181. The van der Waals surface area contributed by atoms with Gasteiger partial charge >= 0.3 is 12.1 Å². The Morgan fingerprint density at radius 3 is 2.40 bits per heavy atom. The number of thiocarbonyl (C=S) groups is 1. The highest BCUT2D eigenvalue weighted by Gasteiger charge is 2.31. The van der Waals surface area contributed by atoms with Gasteiger partial charge in [0.05, 0.1) is 23.9 Å². The van der Waals surface area contributed by atoms with Gasteiger partial charge < -0.3 is 15.4 Å². The molecule has 0 aliphatic heterocycles. The molecule has 0 aliphatic rings. The lowest BCUT2D eigenvalue weighted by Gasteiger charge is -2.13. The van der Waals surface area contributed by atoms with E-state index in [0.717, 1.165) is 10.4 Å². The van der Waals surface area contributed by atoms with E-state index in [9.17, 15) is 22.4 Å². The summed E-state index contributed by atoms with van der Waals surface area (Å²) in [4.78, 5) is 12.9. The summed E-state index contributed by atoms with van der Waals surface area (Å²) in [6.45, 7) is 0. The molecule has 0 atom stereocenters. The van der Waals surface area contributed by atoms with E-state index in [1.807, 2.05) is 30.3 Å². The Bertz CT molecular complexity index is 1080. The molecule has 0 unspecified atom stereocenters. The first-order valence-electron chi connectivity index (χ1n) is 8.41. The SMILES string of the molecule is COC(=O)c1cc(-c2ccccc2)sc1NC(=S)Nc1cc(C(F)(F)F)ccc1F. The van der Waals surface area contributed by atoms with Crippen LogP contribution in [0.1, 0.15) is 15.9 Å². The number of esters is 1. The third-order valence-electron chi connectivity index (χ3n) is 3.96. The van der Waals surface area contributed by atoms with Crippen LogP contribution in [0.25, 0.3) is 10.4 Å². The molecule has 0 spiro atoms. The first-order valence-corrected chi connectivity index (χ1v) is 9.64. The van der Waals surface area contributed by atoms with Crippen LogP contribution in [-0.2, 0) is 10.9 Å². The molecule has 0 radical (unpaired) electrons. The molecule has 0 aliphatic carbocycles. The number of hydrogen-bond acceptors (Lipinski definition) is 4. The maximum Gasteiger partial charge on any atom is 0.416 e. The van der Waals surface area contributed by atoms with E-state index in [4.69, 9.17) is 17.0 Å². The predicted molar refractivity (Wildman–Crippen MR) is 112 cm³/mol. The van der Waals surface area contributed by atoms with Crippen molar-refractivity contribution in [3.8, 4) is 10.4 Å². The number of alkyl halides is 3. The Morgan fingerprint density at radius 1 is 1.07 bits per heavy atom. The fraction of sp³-hybridized carbons (Fsp3) is 0.100. The quantitative estimate of drug-likeness (QED) is 0.281. The van der Waals surface area contributed by atoms with Gasteiger partial charge in [-0.05, 0) is 42.0 Å². The Morgan fingerprint density at radius 2 is 1.77 bits per heavy atom. The van der Waals surface area contributed by atoms with Gasteiger partial charge in [0, 0.05) is 4.88 Å². The minimum Gasteiger partial charge on any atom is -0.465 e. The van der Waals surface area contributed by atoms with Crippen molar-refractivity contribution in [1.82, 2.24) is 0 Å². The lowest BCUT2D eigenvalue weighted by atomic mass is 10.1. The highest BCUT2D eigenvalue weighted by atomic mass is 32.1. The van der Waals surface area contributed by atoms with E-state index >= 15 is 0 Å². The zero-order valence-electron chi connectivity index (χ0n) is 15.3. The minimum atomic E-state index is -4.63. The van der Waals surface area contributed by atoms with Gasteiger partial charge in [-0.15, -0.1) is 11.3 Å². The highest BCUT2D eigenvalue weighted by Crippen LogP contribution is 2.36. The first-order chi connectivity index (χ1) is 14.2. The van der Waals surface area contributed by atoms with Crippen LogP contribution in [0.15, 0.2) is 54.6 Å². The molecular weight excluding hydrogens is 440 g/mol. The molecule has 4 nitrogen and oxygen atoms in total. The number of methoxy groups -OCH3 is 1. The van der Waals surface area contributed by atoms with E-state index in [0.29, 0.717) is 23.2 Å². The molecule has 3 rings (SSSR count). The lowest BCUT2D eigenvalue weighted by Crippen LogP contribution is -2.21. The van der Waals surface area contributed by atoms with Crippen LogP contribution in [0.5, 0.6) is 0 Å². The van der Waals surface area contributed by atoms with Gasteiger partial charge in [-0.1, -0.05) is 30.3 Å². The van der Waals surface area contributed by atoms with Crippen molar-refractivity contribution < 1.29 is 27.1 Å². The third-order valence-corrected chi connectivity index (χ3v) is 5.27. The van der Waals surface area contributed by atoms with Crippen LogP contribution in [0.4, 0.5) is 28.3 Å². The van der Waals surface area contributed by atoms with Crippen molar-refractivity contribution in [2.24, 2.45) is 0 Å². The van der Waals surface area contributed by atoms with Crippen molar-refractivity contribution in [1.29, 1.82) is 0 Å². The van der Waals surface area contributed by atoms with Gasteiger partial charge in [0.2, 0.25) is 0 Å². The molecule has 2 aromatic carbocycles.